The van der Waals surface area contributed by atoms with Crippen LogP contribution in [0.25, 0.3) is 6.08 Å². The third-order valence-electron chi connectivity index (χ3n) is 3.64. The summed E-state index contributed by atoms with van der Waals surface area (Å²) in [6.45, 7) is 2.05. The summed E-state index contributed by atoms with van der Waals surface area (Å²) in [5.74, 6) is -1.34. The van der Waals surface area contributed by atoms with Crippen molar-refractivity contribution < 1.29 is 23.5 Å². The quantitative estimate of drug-likeness (QED) is 0.434. The van der Waals surface area contributed by atoms with E-state index in [1.807, 2.05) is 0 Å². The Hall–Kier alpha value is -3.28. The zero-order valence-electron chi connectivity index (χ0n) is 14.9. The lowest BCUT2D eigenvalue weighted by molar-refractivity contribution is -0.137. The Morgan fingerprint density at radius 3 is 2.30 bits per heavy atom. The summed E-state index contributed by atoms with van der Waals surface area (Å²) in [7, 11) is 0. The van der Waals surface area contributed by atoms with Gasteiger partial charge in [-0.15, -0.1) is 0 Å². The molecule has 0 fully saturated rings. The molecule has 0 saturated heterocycles. The molecule has 0 saturated carbocycles. The second-order valence-electron chi connectivity index (χ2n) is 5.69. The van der Waals surface area contributed by atoms with E-state index in [0.717, 1.165) is 5.56 Å². The molecule has 6 heteroatoms. The number of anilines is 1. The molecule has 0 aromatic heterocycles. The van der Waals surface area contributed by atoms with Crippen LogP contribution in [-0.4, -0.2) is 24.3 Å². The van der Waals surface area contributed by atoms with Crippen molar-refractivity contribution in [3.63, 3.8) is 0 Å². The van der Waals surface area contributed by atoms with E-state index in [2.05, 4.69) is 5.32 Å². The molecule has 0 atom stereocenters. The summed E-state index contributed by atoms with van der Waals surface area (Å²) in [6, 6.07) is 12.1. The first-order chi connectivity index (χ1) is 13.0. The van der Waals surface area contributed by atoms with E-state index in [9.17, 15) is 18.8 Å². The predicted octanol–water partition coefficient (Wildman–Crippen LogP) is 4.00. The molecule has 5 nitrogen and oxygen atoms in total. The number of Topliss-reactive ketones (excluding diaryl/α,β-unsaturated/α-hetero) is 1. The van der Waals surface area contributed by atoms with Gasteiger partial charge in [0.2, 0.25) is 5.91 Å². The molecule has 2 rings (SSSR count). The number of benzene rings is 2. The van der Waals surface area contributed by atoms with Gasteiger partial charge in [0.05, 0.1) is 6.61 Å². The highest BCUT2D eigenvalue weighted by Gasteiger charge is 2.10. The number of ether oxygens (including phenoxy) is 1. The number of esters is 1. The minimum atomic E-state index is -0.416. The Balaban J connectivity index is 1.82. The first-order valence-corrected chi connectivity index (χ1v) is 8.51. The Morgan fingerprint density at radius 1 is 1.00 bits per heavy atom. The molecule has 0 aliphatic rings. The van der Waals surface area contributed by atoms with Gasteiger partial charge in [-0.25, -0.2) is 9.18 Å². The van der Waals surface area contributed by atoms with Crippen LogP contribution >= 0.6 is 0 Å². The summed E-state index contributed by atoms with van der Waals surface area (Å²) in [4.78, 5) is 35.2. The number of carbonyl (C=O) groups is 3. The van der Waals surface area contributed by atoms with E-state index < -0.39 is 11.8 Å². The normalized spacial score (nSPS) is 10.6. The van der Waals surface area contributed by atoms with E-state index in [0.29, 0.717) is 17.9 Å². The minimum absolute atomic E-state index is 0.0285. The smallest absolute Gasteiger partial charge is 0.330 e. The van der Waals surface area contributed by atoms with Gasteiger partial charge in [-0.1, -0.05) is 12.1 Å². The third-order valence-corrected chi connectivity index (χ3v) is 3.64. The lowest BCUT2D eigenvalue weighted by Gasteiger charge is -2.06. The fourth-order valence-corrected chi connectivity index (χ4v) is 2.26. The summed E-state index contributed by atoms with van der Waals surface area (Å²) in [5.41, 5.74) is 1.75. The lowest BCUT2D eigenvalue weighted by Crippen LogP contribution is -2.13. The predicted molar refractivity (Wildman–Crippen MR) is 101 cm³/mol. The summed E-state index contributed by atoms with van der Waals surface area (Å²) in [6.07, 6.45) is 3.02. The van der Waals surface area contributed by atoms with Gasteiger partial charge >= 0.3 is 5.97 Å². The van der Waals surface area contributed by atoms with Crippen molar-refractivity contribution in [2.45, 2.75) is 19.8 Å². The number of ketones is 1. The van der Waals surface area contributed by atoms with Gasteiger partial charge in [-0.3, -0.25) is 9.59 Å². The molecule has 2 aromatic carbocycles. The Morgan fingerprint density at radius 2 is 1.67 bits per heavy atom. The van der Waals surface area contributed by atoms with Crippen LogP contribution in [0.2, 0.25) is 0 Å². The van der Waals surface area contributed by atoms with Crippen molar-refractivity contribution in [2.75, 3.05) is 11.9 Å². The van der Waals surface area contributed by atoms with Crippen molar-refractivity contribution >= 4 is 29.4 Å². The Labute approximate surface area is 156 Å². The topological polar surface area (TPSA) is 72.5 Å². The number of amides is 1. The fourth-order valence-electron chi connectivity index (χ4n) is 2.26. The number of hydrogen-bond donors (Lipinski definition) is 1. The van der Waals surface area contributed by atoms with Gasteiger partial charge in [0.25, 0.3) is 0 Å². The van der Waals surface area contributed by atoms with Crippen LogP contribution in [-0.2, 0) is 14.3 Å². The molecule has 1 N–H and O–H groups in total. The SMILES string of the molecule is CCOC(=O)/C=C/c1ccc(NC(=O)CCC(=O)c2ccc(F)cc2)cc1. The van der Waals surface area contributed by atoms with Crippen LogP contribution < -0.4 is 5.32 Å². The number of nitrogens with one attached hydrogen (secondary N) is 1. The number of rotatable bonds is 8. The van der Waals surface area contributed by atoms with Gasteiger partial charge in [0.15, 0.2) is 5.78 Å². The fraction of sp³-hybridized carbons (Fsp3) is 0.190. The molecule has 0 heterocycles. The molecule has 0 unspecified atom stereocenters. The Kier molecular flexibility index (Phi) is 7.43. The standard InChI is InChI=1S/C21H20FNO4/c1-2-27-21(26)14-5-15-3-10-18(11-4-15)23-20(25)13-12-19(24)16-6-8-17(22)9-7-16/h3-11,14H,2,12-13H2,1H3,(H,23,25)/b14-5+. The zero-order valence-corrected chi connectivity index (χ0v) is 14.9. The minimum Gasteiger partial charge on any atom is -0.463 e. The first-order valence-electron chi connectivity index (χ1n) is 8.51. The second-order valence-corrected chi connectivity index (χ2v) is 5.69. The summed E-state index contributed by atoms with van der Waals surface area (Å²) >= 11 is 0. The number of carbonyl (C=O) groups excluding carboxylic acids is 3. The molecule has 140 valence electrons. The van der Waals surface area contributed by atoms with E-state index >= 15 is 0 Å². The maximum atomic E-state index is 12.9. The highest BCUT2D eigenvalue weighted by Crippen LogP contribution is 2.13. The van der Waals surface area contributed by atoms with Crippen LogP contribution in [0, 0.1) is 5.82 Å². The van der Waals surface area contributed by atoms with Gasteiger partial charge in [0, 0.05) is 30.2 Å². The van der Waals surface area contributed by atoms with E-state index in [4.69, 9.17) is 4.74 Å². The molecule has 0 spiro atoms. The van der Waals surface area contributed by atoms with Crippen LogP contribution in [0.1, 0.15) is 35.7 Å². The summed E-state index contributed by atoms with van der Waals surface area (Å²) in [5, 5.41) is 2.70. The van der Waals surface area contributed by atoms with E-state index in [-0.39, 0.29) is 24.5 Å². The van der Waals surface area contributed by atoms with Crippen LogP contribution in [0.15, 0.2) is 54.6 Å². The van der Waals surface area contributed by atoms with Crippen LogP contribution in [0.4, 0.5) is 10.1 Å². The third kappa shape index (κ3) is 6.86. The molecule has 27 heavy (non-hydrogen) atoms. The Bertz CT molecular complexity index is 826. The zero-order chi connectivity index (χ0) is 19.6. The van der Waals surface area contributed by atoms with Crippen LogP contribution in [0.3, 0.4) is 0 Å². The molecule has 2 aromatic rings. The van der Waals surface area contributed by atoms with Gasteiger partial charge < -0.3 is 10.1 Å². The second kappa shape index (κ2) is 10.0. The molecule has 1 amide bonds. The van der Waals surface area contributed by atoms with Crippen molar-refractivity contribution in [1.29, 1.82) is 0 Å². The van der Waals surface area contributed by atoms with Crippen LogP contribution in [0.5, 0.6) is 0 Å². The van der Waals surface area contributed by atoms with Crippen molar-refractivity contribution in [3.8, 4) is 0 Å². The molecule has 0 aliphatic carbocycles. The van der Waals surface area contributed by atoms with E-state index in [1.54, 1.807) is 37.3 Å². The van der Waals surface area contributed by atoms with Gasteiger partial charge in [-0.2, -0.15) is 0 Å². The average molecular weight is 369 g/mol. The lowest BCUT2D eigenvalue weighted by atomic mass is 10.1. The molecule has 0 radical (unpaired) electrons. The van der Waals surface area contributed by atoms with Gasteiger partial charge in [-0.05, 0) is 55.0 Å². The highest BCUT2D eigenvalue weighted by atomic mass is 19.1. The van der Waals surface area contributed by atoms with Crippen molar-refractivity contribution in [1.82, 2.24) is 0 Å². The average Bonchev–Trinajstić information content (AvgIpc) is 2.66. The highest BCUT2D eigenvalue weighted by molar-refractivity contribution is 6.00. The largest absolute Gasteiger partial charge is 0.463 e. The monoisotopic (exact) mass is 369 g/mol. The molecular weight excluding hydrogens is 349 g/mol. The molecule has 0 bridgehead atoms. The van der Waals surface area contributed by atoms with Gasteiger partial charge in [0.1, 0.15) is 5.82 Å². The molecule has 0 aliphatic heterocycles. The number of hydrogen-bond acceptors (Lipinski definition) is 4. The maximum Gasteiger partial charge on any atom is 0.330 e. The van der Waals surface area contributed by atoms with E-state index in [1.165, 1.54) is 30.3 Å². The van der Waals surface area contributed by atoms with Crippen molar-refractivity contribution in [3.05, 3.63) is 71.6 Å². The summed E-state index contributed by atoms with van der Waals surface area (Å²) < 4.78 is 17.6. The number of halogens is 1. The van der Waals surface area contributed by atoms with Crippen molar-refractivity contribution in [2.24, 2.45) is 0 Å². The first kappa shape index (κ1) is 20.0. The maximum absolute atomic E-state index is 12.9. The molecular formula is C21H20FNO4.